The molecule has 1 aliphatic rings. The van der Waals surface area contributed by atoms with E-state index in [-0.39, 0.29) is 5.91 Å². The zero-order valence-corrected chi connectivity index (χ0v) is 14.1. The van der Waals surface area contributed by atoms with E-state index in [1.165, 1.54) is 45.2 Å². The van der Waals surface area contributed by atoms with Crippen LogP contribution in [0.5, 0.6) is 0 Å². The fourth-order valence-electron chi connectivity index (χ4n) is 3.25. The molecule has 0 aromatic rings. The van der Waals surface area contributed by atoms with Crippen molar-refractivity contribution in [1.82, 2.24) is 10.2 Å². The molecule has 4 nitrogen and oxygen atoms in total. The van der Waals surface area contributed by atoms with Gasteiger partial charge in [0.15, 0.2) is 0 Å². The maximum absolute atomic E-state index is 12.0. The van der Waals surface area contributed by atoms with Gasteiger partial charge in [-0.25, -0.2) is 0 Å². The summed E-state index contributed by atoms with van der Waals surface area (Å²) in [4.78, 5) is 14.5. The molecule has 1 amide bonds. The number of hydrogen-bond acceptors (Lipinski definition) is 3. The Balaban J connectivity index is 2.17. The number of nitrogens with zero attached hydrogens (tertiary/aromatic N) is 1. The van der Waals surface area contributed by atoms with Crippen LogP contribution >= 0.6 is 0 Å². The van der Waals surface area contributed by atoms with E-state index in [0.717, 1.165) is 25.9 Å². The second kappa shape index (κ2) is 11.0. The molecular weight excluding hydrogens is 262 g/mol. The van der Waals surface area contributed by atoms with Gasteiger partial charge in [0.25, 0.3) is 0 Å². The Hall–Kier alpha value is -0.610. The molecule has 2 unspecified atom stereocenters. The zero-order chi connectivity index (χ0) is 15.5. The van der Waals surface area contributed by atoms with Gasteiger partial charge in [-0.1, -0.05) is 26.2 Å². The number of carbonyl (C=O) groups is 1. The van der Waals surface area contributed by atoms with Crippen molar-refractivity contribution in [3.05, 3.63) is 0 Å². The number of likely N-dealkylation sites (tertiary alicyclic amines) is 1. The van der Waals surface area contributed by atoms with Gasteiger partial charge >= 0.3 is 0 Å². The minimum Gasteiger partial charge on any atom is -0.355 e. The van der Waals surface area contributed by atoms with Gasteiger partial charge in [-0.3, -0.25) is 9.69 Å². The Morgan fingerprint density at radius 2 is 1.90 bits per heavy atom. The van der Waals surface area contributed by atoms with Gasteiger partial charge in [0.2, 0.25) is 5.91 Å². The van der Waals surface area contributed by atoms with Crippen LogP contribution in [0.4, 0.5) is 0 Å². The molecule has 0 aromatic carbocycles. The summed E-state index contributed by atoms with van der Waals surface area (Å²) in [5.74, 6) is 0.822. The van der Waals surface area contributed by atoms with E-state index in [9.17, 15) is 4.79 Å². The molecule has 4 heteroatoms. The average molecular weight is 297 g/mol. The number of hydrogen-bond donors (Lipinski definition) is 2. The van der Waals surface area contributed by atoms with E-state index < -0.39 is 0 Å². The van der Waals surface area contributed by atoms with Crippen LogP contribution in [0.2, 0.25) is 0 Å². The molecule has 1 rings (SSSR count). The van der Waals surface area contributed by atoms with Crippen molar-refractivity contribution >= 4 is 5.91 Å². The first-order valence-electron chi connectivity index (χ1n) is 8.88. The lowest BCUT2D eigenvalue weighted by molar-refractivity contribution is -0.121. The quantitative estimate of drug-likeness (QED) is 0.651. The van der Waals surface area contributed by atoms with Gasteiger partial charge in [-0.2, -0.15) is 0 Å². The van der Waals surface area contributed by atoms with Crippen LogP contribution in [0, 0.1) is 5.92 Å². The minimum absolute atomic E-state index is 0.206. The Bertz CT molecular complexity index is 271. The zero-order valence-electron chi connectivity index (χ0n) is 14.1. The molecule has 3 N–H and O–H groups in total. The summed E-state index contributed by atoms with van der Waals surface area (Å²) in [6.45, 7) is 8.31. The normalized spacial score (nSPS) is 19.2. The molecular formula is C17H35N3O. The number of piperidine rings is 1. The molecule has 1 heterocycles. The smallest absolute Gasteiger partial charge is 0.220 e. The maximum atomic E-state index is 12.0. The highest BCUT2D eigenvalue weighted by Crippen LogP contribution is 2.17. The molecule has 0 radical (unpaired) electrons. The van der Waals surface area contributed by atoms with Crippen LogP contribution in [-0.2, 0) is 4.79 Å². The van der Waals surface area contributed by atoms with Crippen molar-refractivity contribution in [2.45, 2.75) is 71.3 Å². The van der Waals surface area contributed by atoms with E-state index in [1.54, 1.807) is 0 Å². The van der Waals surface area contributed by atoms with Gasteiger partial charge in [-0.05, 0) is 58.2 Å². The Morgan fingerprint density at radius 1 is 1.19 bits per heavy atom. The highest BCUT2D eigenvalue weighted by Gasteiger charge is 2.17. The first-order valence-corrected chi connectivity index (χ1v) is 8.88. The van der Waals surface area contributed by atoms with Crippen molar-refractivity contribution in [3.63, 3.8) is 0 Å². The van der Waals surface area contributed by atoms with E-state index in [1.807, 2.05) is 0 Å². The molecule has 2 atom stereocenters. The van der Waals surface area contributed by atoms with Crippen LogP contribution in [0.1, 0.15) is 65.2 Å². The average Bonchev–Trinajstić information content (AvgIpc) is 2.51. The number of rotatable bonds is 10. The maximum Gasteiger partial charge on any atom is 0.220 e. The standard InChI is InChI=1S/C17H35N3O/c1-3-7-16(10-11-18)8-9-17(21)19-14-15(2)20-12-5-4-6-13-20/h15-16H,3-14,18H2,1-2H3,(H,19,21). The molecule has 0 aliphatic carbocycles. The highest BCUT2D eigenvalue weighted by atomic mass is 16.1. The Labute approximate surface area is 130 Å². The fraction of sp³-hybridized carbons (Fsp3) is 0.941. The summed E-state index contributed by atoms with van der Waals surface area (Å²) in [6, 6.07) is 0.463. The molecule has 0 saturated carbocycles. The molecule has 1 aliphatic heterocycles. The van der Waals surface area contributed by atoms with Crippen LogP contribution in [0.3, 0.4) is 0 Å². The topological polar surface area (TPSA) is 58.4 Å². The van der Waals surface area contributed by atoms with Gasteiger partial charge in [-0.15, -0.1) is 0 Å². The Morgan fingerprint density at radius 3 is 2.52 bits per heavy atom. The fourth-order valence-corrected chi connectivity index (χ4v) is 3.25. The molecule has 1 fully saturated rings. The van der Waals surface area contributed by atoms with Crippen molar-refractivity contribution < 1.29 is 4.79 Å². The Kier molecular flexibility index (Phi) is 9.68. The summed E-state index contributed by atoms with van der Waals surface area (Å²) in [5.41, 5.74) is 5.64. The first kappa shape index (κ1) is 18.4. The number of carbonyl (C=O) groups excluding carboxylic acids is 1. The molecule has 0 aromatic heterocycles. The molecule has 124 valence electrons. The van der Waals surface area contributed by atoms with Crippen LogP contribution in [0.15, 0.2) is 0 Å². The molecule has 0 bridgehead atoms. The lowest BCUT2D eigenvalue weighted by atomic mass is 9.94. The number of nitrogens with two attached hydrogens (primary N) is 1. The highest BCUT2D eigenvalue weighted by molar-refractivity contribution is 5.75. The summed E-state index contributed by atoms with van der Waals surface area (Å²) in [6.07, 6.45) is 9.01. The van der Waals surface area contributed by atoms with Crippen molar-refractivity contribution in [2.24, 2.45) is 11.7 Å². The number of amides is 1. The van der Waals surface area contributed by atoms with Crippen LogP contribution < -0.4 is 11.1 Å². The van der Waals surface area contributed by atoms with Gasteiger partial charge in [0, 0.05) is 19.0 Å². The third-order valence-corrected chi connectivity index (χ3v) is 4.66. The van der Waals surface area contributed by atoms with Gasteiger partial charge < -0.3 is 11.1 Å². The van der Waals surface area contributed by atoms with Crippen molar-refractivity contribution in [1.29, 1.82) is 0 Å². The second-order valence-corrected chi connectivity index (χ2v) is 6.52. The molecule has 1 saturated heterocycles. The predicted molar refractivity (Wildman–Crippen MR) is 89.2 cm³/mol. The third kappa shape index (κ3) is 7.82. The van der Waals surface area contributed by atoms with Gasteiger partial charge in [0.05, 0.1) is 0 Å². The van der Waals surface area contributed by atoms with E-state index >= 15 is 0 Å². The summed E-state index contributed by atoms with van der Waals surface area (Å²) in [5, 5.41) is 3.11. The van der Waals surface area contributed by atoms with E-state index in [4.69, 9.17) is 5.73 Å². The predicted octanol–water partition coefficient (Wildman–Crippen LogP) is 2.52. The van der Waals surface area contributed by atoms with Crippen LogP contribution in [-0.4, -0.2) is 43.0 Å². The number of nitrogens with one attached hydrogen (secondary N) is 1. The lowest BCUT2D eigenvalue weighted by Crippen LogP contribution is -2.44. The monoisotopic (exact) mass is 297 g/mol. The van der Waals surface area contributed by atoms with Crippen molar-refractivity contribution in [3.8, 4) is 0 Å². The molecule has 21 heavy (non-hydrogen) atoms. The van der Waals surface area contributed by atoms with Crippen LogP contribution in [0.25, 0.3) is 0 Å². The van der Waals surface area contributed by atoms with E-state index in [0.29, 0.717) is 18.4 Å². The summed E-state index contributed by atoms with van der Waals surface area (Å²) >= 11 is 0. The SMILES string of the molecule is CCCC(CCN)CCC(=O)NCC(C)N1CCCCC1. The minimum atomic E-state index is 0.206. The second-order valence-electron chi connectivity index (χ2n) is 6.52. The van der Waals surface area contributed by atoms with E-state index in [2.05, 4.69) is 24.1 Å². The largest absolute Gasteiger partial charge is 0.355 e. The van der Waals surface area contributed by atoms with Crippen molar-refractivity contribution in [2.75, 3.05) is 26.2 Å². The van der Waals surface area contributed by atoms with Gasteiger partial charge in [0.1, 0.15) is 0 Å². The summed E-state index contributed by atoms with van der Waals surface area (Å²) < 4.78 is 0. The summed E-state index contributed by atoms with van der Waals surface area (Å²) in [7, 11) is 0. The molecule has 0 spiro atoms. The third-order valence-electron chi connectivity index (χ3n) is 4.66. The first-order chi connectivity index (χ1) is 10.2. The lowest BCUT2D eigenvalue weighted by Gasteiger charge is -2.32.